The molecule has 7 heteroatoms. The zero-order chi connectivity index (χ0) is 15.5. The van der Waals surface area contributed by atoms with E-state index in [0.717, 1.165) is 12.1 Å². The van der Waals surface area contributed by atoms with Gasteiger partial charge in [0.05, 0.1) is 17.8 Å². The highest BCUT2D eigenvalue weighted by Gasteiger charge is 2.30. The number of nitrogens with one attached hydrogen (secondary N) is 2. The zero-order valence-electron chi connectivity index (χ0n) is 11.3. The number of hydrogen-bond donors (Lipinski definition) is 2. The molecule has 0 aliphatic heterocycles. The van der Waals surface area contributed by atoms with E-state index < -0.39 is 11.7 Å². The molecule has 0 aliphatic rings. The smallest absolute Gasteiger partial charge is 0.379 e. The molecule has 1 aromatic heterocycles. The van der Waals surface area contributed by atoms with Gasteiger partial charge in [-0.25, -0.2) is 4.98 Å². The molecule has 0 atom stereocenters. The van der Waals surface area contributed by atoms with Crippen molar-refractivity contribution in [3.05, 3.63) is 57.8 Å². The Kier molecular flexibility index (Phi) is 4.30. The minimum Gasteiger partial charge on any atom is -0.379 e. The fraction of sp³-hybridized carbons (Fsp3) is 0.286. The summed E-state index contributed by atoms with van der Waals surface area (Å²) in [7, 11) is 0. The van der Waals surface area contributed by atoms with Gasteiger partial charge >= 0.3 is 6.18 Å². The van der Waals surface area contributed by atoms with Crippen molar-refractivity contribution < 1.29 is 13.2 Å². The Labute approximate surface area is 119 Å². The molecule has 0 saturated carbocycles. The van der Waals surface area contributed by atoms with Crippen LogP contribution in [0.25, 0.3) is 0 Å². The van der Waals surface area contributed by atoms with Crippen molar-refractivity contribution in [2.24, 2.45) is 0 Å². The SMILES string of the molecule is CCc1nc(CNc2cccc(C(F)(F)F)c2)cc(=O)[nH]1. The van der Waals surface area contributed by atoms with Crippen LogP contribution in [-0.4, -0.2) is 9.97 Å². The summed E-state index contributed by atoms with van der Waals surface area (Å²) in [5.41, 5.74) is -0.193. The molecule has 0 spiro atoms. The van der Waals surface area contributed by atoms with Gasteiger partial charge < -0.3 is 10.3 Å². The third-order valence-electron chi connectivity index (χ3n) is 2.84. The van der Waals surface area contributed by atoms with Crippen LogP contribution in [0.3, 0.4) is 0 Å². The van der Waals surface area contributed by atoms with Crippen molar-refractivity contribution >= 4 is 5.69 Å². The van der Waals surface area contributed by atoms with Gasteiger partial charge in [-0.15, -0.1) is 0 Å². The van der Waals surface area contributed by atoms with E-state index in [-0.39, 0.29) is 12.1 Å². The molecule has 0 aliphatic carbocycles. The highest BCUT2D eigenvalue weighted by Crippen LogP contribution is 2.30. The van der Waals surface area contributed by atoms with Gasteiger partial charge in [-0.3, -0.25) is 4.79 Å². The van der Waals surface area contributed by atoms with Crippen molar-refractivity contribution in [3.63, 3.8) is 0 Å². The number of H-pyrrole nitrogens is 1. The third kappa shape index (κ3) is 4.08. The molecule has 2 N–H and O–H groups in total. The average Bonchev–Trinajstić information content (AvgIpc) is 2.44. The van der Waals surface area contributed by atoms with E-state index in [0.29, 0.717) is 23.6 Å². The first kappa shape index (κ1) is 15.1. The van der Waals surface area contributed by atoms with E-state index >= 15 is 0 Å². The van der Waals surface area contributed by atoms with Crippen LogP contribution in [0.5, 0.6) is 0 Å². The minimum atomic E-state index is -4.38. The lowest BCUT2D eigenvalue weighted by Crippen LogP contribution is -2.14. The van der Waals surface area contributed by atoms with Crippen LogP contribution < -0.4 is 10.9 Å². The number of alkyl halides is 3. The molecule has 2 rings (SSSR count). The number of benzene rings is 1. The molecule has 2 aromatic rings. The van der Waals surface area contributed by atoms with Gasteiger partial charge in [0, 0.05) is 18.2 Å². The Hall–Kier alpha value is -2.31. The van der Waals surface area contributed by atoms with Crippen LogP contribution in [0.1, 0.15) is 24.0 Å². The molecule has 4 nitrogen and oxygen atoms in total. The number of aryl methyl sites for hydroxylation is 1. The lowest BCUT2D eigenvalue weighted by atomic mass is 10.2. The van der Waals surface area contributed by atoms with Gasteiger partial charge in [0.2, 0.25) is 0 Å². The number of rotatable bonds is 4. The summed E-state index contributed by atoms with van der Waals surface area (Å²) >= 11 is 0. The Morgan fingerprint density at radius 3 is 2.71 bits per heavy atom. The summed E-state index contributed by atoms with van der Waals surface area (Å²) in [6.07, 6.45) is -3.80. The molecule has 1 aromatic carbocycles. The van der Waals surface area contributed by atoms with Gasteiger partial charge in [0.25, 0.3) is 5.56 Å². The first-order valence-corrected chi connectivity index (χ1v) is 6.38. The summed E-state index contributed by atoms with van der Waals surface area (Å²) in [5.74, 6) is 0.545. The Bertz CT molecular complexity index is 680. The predicted octanol–water partition coefficient (Wildman–Crippen LogP) is 2.96. The first-order chi connectivity index (χ1) is 9.88. The maximum atomic E-state index is 12.6. The van der Waals surface area contributed by atoms with Crippen molar-refractivity contribution in [1.29, 1.82) is 0 Å². The highest BCUT2D eigenvalue weighted by atomic mass is 19.4. The quantitative estimate of drug-likeness (QED) is 0.912. The number of nitrogens with zero attached hydrogens (tertiary/aromatic N) is 1. The Morgan fingerprint density at radius 2 is 2.05 bits per heavy atom. The number of halogens is 3. The maximum Gasteiger partial charge on any atom is 0.416 e. The molecular weight excluding hydrogens is 283 g/mol. The number of aromatic nitrogens is 2. The molecule has 0 bridgehead atoms. The minimum absolute atomic E-state index is 0.179. The summed E-state index contributed by atoms with van der Waals surface area (Å²) in [5, 5.41) is 2.84. The van der Waals surface area contributed by atoms with Crippen LogP contribution in [0.4, 0.5) is 18.9 Å². The van der Waals surface area contributed by atoms with Gasteiger partial charge in [-0.2, -0.15) is 13.2 Å². The highest BCUT2D eigenvalue weighted by molar-refractivity contribution is 5.46. The molecule has 0 unspecified atom stereocenters. The second-order valence-corrected chi connectivity index (χ2v) is 4.47. The number of anilines is 1. The van der Waals surface area contributed by atoms with E-state index in [9.17, 15) is 18.0 Å². The number of hydrogen-bond acceptors (Lipinski definition) is 3. The first-order valence-electron chi connectivity index (χ1n) is 6.38. The number of aromatic amines is 1. The van der Waals surface area contributed by atoms with Gasteiger partial charge in [-0.1, -0.05) is 13.0 Å². The molecular formula is C14H14F3N3O. The predicted molar refractivity (Wildman–Crippen MR) is 73.0 cm³/mol. The van der Waals surface area contributed by atoms with Crippen molar-refractivity contribution in [2.75, 3.05) is 5.32 Å². The van der Waals surface area contributed by atoms with Crippen molar-refractivity contribution in [3.8, 4) is 0 Å². The Balaban J connectivity index is 2.13. The normalized spacial score (nSPS) is 11.4. The Morgan fingerprint density at radius 1 is 1.29 bits per heavy atom. The molecule has 0 saturated heterocycles. The molecule has 0 fully saturated rings. The molecule has 0 radical (unpaired) electrons. The van der Waals surface area contributed by atoms with E-state index in [4.69, 9.17) is 0 Å². The van der Waals surface area contributed by atoms with E-state index in [1.165, 1.54) is 18.2 Å². The summed E-state index contributed by atoms with van der Waals surface area (Å²) < 4.78 is 37.8. The maximum absolute atomic E-state index is 12.6. The second-order valence-electron chi connectivity index (χ2n) is 4.47. The summed E-state index contributed by atoms with van der Waals surface area (Å²) in [6.45, 7) is 2.03. The fourth-order valence-corrected chi connectivity index (χ4v) is 1.82. The van der Waals surface area contributed by atoms with Gasteiger partial charge in [-0.05, 0) is 18.2 Å². The lowest BCUT2D eigenvalue weighted by Gasteiger charge is -2.10. The van der Waals surface area contributed by atoms with Crippen LogP contribution in [0.15, 0.2) is 35.1 Å². The zero-order valence-corrected chi connectivity index (χ0v) is 11.3. The third-order valence-corrected chi connectivity index (χ3v) is 2.84. The second kappa shape index (κ2) is 5.99. The van der Waals surface area contributed by atoms with Crippen LogP contribution >= 0.6 is 0 Å². The van der Waals surface area contributed by atoms with Crippen molar-refractivity contribution in [1.82, 2.24) is 9.97 Å². The van der Waals surface area contributed by atoms with Crippen LogP contribution in [0.2, 0.25) is 0 Å². The molecule has 21 heavy (non-hydrogen) atoms. The standard InChI is InChI=1S/C14H14F3N3O/c1-2-12-19-11(7-13(21)20-12)8-18-10-5-3-4-9(6-10)14(15,16)17/h3-7,18H,2,8H2,1H3,(H,19,20,21). The van der Waals surface area contributed by atoms with E-state index in [1.54, 1.807) is 0 Å². The van der Waals surface area contributed by atoms with Gasteiger partial charge in [0.15, 0.2) is 0 Å². The topological polar surface area (TPSA) is 57.8 Å². The van der Waals surface area contributed by atoms with E-state index in [1.807, 2.05) is 6.92 Å². The summed E-state index contributed by atoms with van der Waals surface area (Å²) in [6, 6.07) is 6.20. The van der Waals surface area contributed by atoms with E-state index in [2.05, 4.69) is 15.3 Å². The van der Waals surface area contributed by atoms with Crippen LogP contribution in [0, 0.1) is 0 Å². The lowest BCUT2D eigenvalue weighted by molar-refractivity contribution is -0.137. The summed E-state index contributed by atoms with van der Waals surface area (Å²) in [4.78, 5) is 18.2. The molecule has 0 amide bonds. The monoisotopic (exact) mass is 297 g/mol. The van der Waals surface area contributed by atoms with Crippen LogP contribution in [-0.2, 0) is 19.1 Å². The fourth-order valence-electron chi connectivity index (χ4n) is 1.82. The largest absolute Gasteiger partial charge is 0.416 e. The van der Waals surface area contributed by atoms with Gasteiger partial charge in [0.1, 0.15) is 5.82 Å². The average molecular weight is 297 g/mol. The van der Waals surface area contributed by atoms with Crippen molar-refractivity contribution in [2.45, 2.75) is 26.1 Å². The molecule has 1 heterocycles. The molecule has 112 valence electrons.